The topological polar surface area (TPSA) is 63.3 Å². The maximum absolute atomic E-state index is 10.6. The fourth-order valence-electron chi connectivity index (χ4n) is 1.84. The minimum Gasteiger partial charge on any atom is -0.481 e. The van der Waals surface area contributed by atoms with Crippen LogP contribution >= 0.6 is 0 Å². The summed E-state index contributed by atoms with van der Waals surface area (Å²) in [5.74, 6) is -0.957. The van der Waals surface area contributed by atoms with E-state index in [4.69, 9.17) is 10.8 Å². The molecule has 0 bridgehead atoms. The van der Waals surface area contributed by atoms with E-state index < -0.39 is 5.97 Å². The van der Waals surface area contributed by atoms with Crippen LogP contribution < -0.4 is 5.73 Å². The number of nitrogens with two attached hydrogens (primary N) is 1. The van der Waals surface area contributed by atoms with Gasteiger partial charge in [0.1, 0.15) is 0 Å². The van der Waals surface area contributed by atoms with Crippen molar-refractivity contribution in [3.05, 3.63) is 12.7 Å². The fourth-order valence-corrected chi connectivity index (χ4v) is 1.84. The van der Waals surface area contributed by atoms with Crippen molar-refractivity contribution in [1.82, 2.24) is 0 Å². The third-order valence-electron chi connectivity index (χ3n) is 2.54. The number of carboxylic acid groups (broad SMARTS) is 1. The van der Waals surface area contributed by atoms with E-state index in [0.717, 1.165) is 12.8 Å². The van der Waals surface area contributed by atoms with Crippen LogP contribution in [0.15, 0.2) is 12.7 Å². The van der Waals surface area contributed by atoms with Crippen LogP contribution in [0.1, 0.15) is 25.7 Å². The van der Waals surface area contributed by atoms with Crippen LogP contribution in [0.4, 0.5) is 0 Å². The number of rotatable bonds is 3. The Morgan fingerprint density at radius 2 is 2.50 bits per heavy atom. The first-order valence-corrected chi connectivity index (χ1v) is 4.20. The van der Waals surface area contributed by atoms with Crippen LogP contribution in [-0.4, -0.2) is 16.6 Å². The lowest BCUT2D eigenvalue weighted by Gasteiger charge is -2.21. The van der Waals surface area contributed by atoms with Crippen molar-refractivity contribution >= 4 is 5.97 Å². The Kier molecular flexibility index (Phi) is 2.52. The molecule has 1 saturated carbocycles. The van der Waals surface area contributed by atoms with E-state index in [2.05, 4.69) is 6.58 Å². The molecular weight excluding hydrogens is 154 g/mol. The maximum Gasteiger partial charge on any atom is 0.306 e. The van der Waals surface area contributed by atoms with Crippen molar-refractivity contribution in [3.63, 3.8) is 0 Å². The highest BCUT2D eigenvalue weighted by Gasteiger charge is 2.37. The zero-order valence-corrected chi connectivity index (χ0v) is 7.12. The summed E-state index contributed by atoms with van der Waals surface area (Å²) in [6.07, 6.45) is 4.59. The molecule has 3 nitrogen and oxygen atoms in total. The van der Waals surface area contributed by atoms with Gasteiger partial charge in [0.15, 0.2) is 0 Å². The van der Waals surface area contributed by atoms with Gasteiger partial charge >= 0.3 is 5.97 Å². The first kappa shape index (κ1) is 9.26. The molecule has 1 rings (SSSR count). The predicted molar refractivity (Wildman–Crippen MR) is 46.7 cm³/mol. The fraction of sp³-hybridized carbons (Fsp3) is 0.667. The molecule has 1 aliphatic carbocycles. The van der Waals surface area contributed by atoms with Crippen LogP contribution in [-0.2, 0) is 4.79 Å². The summed E-state index contributed by atoms with van der Waals surface area (Å²) in [5, 5.41) is 8.73. The molecule has 0 heterocycles. The molecule has 2 unspecified atom stereocenters. The Morgan fingerprint density at radius 1 is 1.83 bits per heavy atom. The summed E-state index contributed by atoms with van der Waals surface area (Å²) in [6.45, 7) is 3.61. The van der Waals surface area contributed by atoms with E-state index >= 15 is 0 Å². The molecule has 3 N–H and O–H groups in total. The van der Waals surface area contributed by atoms with E-state index in [1.807, 2.05) is 0 Å². The van der Waals surface area contributed by atoms with E-state index in [9.17, 15) is 4.79 Å². The summed E-state index contributed by atoms with van der Waals surface area (Å²) in [6, 6.07) is 0. The van der Waals surface area contributed by atoms with Gasteiger partial charge in [-0.25, -0.2) is 0 Å². The van der Waals surface area contributed by atoms with E-state index in [-0.39, 0.29) is 11.5 Å². The van der Waals surface area contributed by atoms with Crippen LogP contribution in [0.25, 0.3) is 0 Å². The van der Waals surface area contributed by atoms with Crippen LogP contribution in [0, 0.1) is 5.92 Å². The second kappa shape index (κ2) is 3.27. The lowest BCUT2D eigenvalue weighted by atomic mass is 9.93. The molecule has 1 aliphatic rings. The molecule has 0 spiro atoms. The number of carbonyl (C=O) groups is 1. The van der Waals surface area contributed by atoms with Gasteiger partial charge in [-0.3, -0.25) is 4.79 Å². The Labute approximate surface area is 72.3 Å². The molecule has 1 fully saturated rings. The Morgan fingerprint density at radius 3 is 2.92 bits per heavy atom. The van der Waals surface area contributed by atoms with Gasteiger partial charge in [0.25, 0.3) is 0 Å². The molecule has 12 heavy (non-hydrogen) atoms. The predicted octanol–water partition coefficient (Wildman–Crippen LogP) is 1.14. The van der Waals surface area contributed by atoms with E-state index in [0.29, 0.717) is 12.8 Å². The quantitative estimate of drug-likeness (QED) is 0.623. The molecule has 0 saturated heterocycles. The molecule has 0 aromatic carbocycles. The molecule has 68 valence electrons. The molecular formula is C9H15NO2. The Hall–Kier alpha value is -0.830. The second-order valence-electron chi connectivity index (χ2n) is 3.63. The maximum atomic E-state index is 10.6. The first-order chi connectivity index (χ1) is 5.57. The highest BCUT2D eigenvalue weighted by atomic mass is 16.4. The lowest BCUT2D eigenvalue weighted by molar-refractivity contribution is -0.141. The van der Waals surface area contributed by atoms with Gasteiger partial charge in [0, 0.05) is 5.54 Å². The molecule has 0 aliphatic heterocycles. The van der Waals surface area contributed by atoms with Crippen LogP contribution in [0.5, 0.6) is 0 Å². The van der Waals surface area contributed by atoms with Crippen molar-refractivity contribution in [1.29, 1.82) is 0 Å². The van der Waals surface area contributed by atoms with Gasteiger partial charge < -0.3 is 10.8 Å². The third-order valence-corrected chi connectivity index (χ3v) is 2.54. The zero-order chi connectivity index (χ0) is 9.19. The van der Waals surface area contributed by atoms with Crippen molar-refractivity contribution < 1.29 is 9.90 Å². The van der Waals surface area contributed by atoms with Crippen molar-refractivity contribution in [3.8, 4) is 0 Å². The van der Waals surface area contributed by atoms with Crippen LogP contribution in [0.2, 0.25) is 0 Å². The van der Waals surface area contributed by atoms with E-state index in [1.165, 1.54) is 0 Å². The number of hydrogen-bond acceptors (Lipinski definition) is 2. The van der Waals surface area contributed by atoms with Crippen LogP contribution in [0.3, 0.4) is 0 Å². The first-order valence-electron chi connectivity index (χ1n) is 4.20. The number of carboxylic acids is 1. The molecule has 2 atom stereocenters. The number of aliphatic carboxylic acids is 1. The van der Waals surface area contributed by atoms with Gasteiger partial charge in [-0.05, 0) is 25.7 Å². The monoisotopic (exact) mass is 169 g/mol. The summed E-state index contributed by atoms with van der Waals surface area (Å²) in [7, 11) is 0. The smallest absolute Gasteiger partial charge is 0.306 e. The molecule has 0 radical (unpaired) electrons. The third kappa shape index (κ3) is 1.85. The van der Waals surface area contributed by atoms with Gasteiger partial charge in [-0.15, -0.1) is 6.58 Å². The number of hydrogen-bond donors (Lipinski definition) is 2. The van der Waals surface area contributed by atoms with Gasteiger partial charge in [-0.2, -0.15) is 0 Å². The highest BCUT2D eigenvalue weighted by Crippen LogP contribution is 2.35. The zero-order valence-electron chi connectivity index (χ0n) is 7.12. The molecule has 3 heteroatoms. The standard InChI is InChI=1S/C9H15NO2/c1-2-4-9(10)5-3-7(6-9)8(11)12/h2,7H,1,3-6,10H2,(H,11,12). The summed E-state index contributed by atoms with van der Waals surface area (Å²) < 4.78 is 0. The lowest BCUT2D eigenvalue weighted by Crippen LogP contribution is -2.36. The van der Waals surface area contributed by atoms with Gasteiger partial charge in [0.05, 0.1) is 5.92 Å². The van der Waals surface area contributed by atoms with Crippen molar-refractivity contribution in [2.24, 2.45) is 11.7 Å². The van der Waals surface area contributed by atoms with E-state index in [1.54, 1.807) is 6.08 Å². The SMILES string of the molecule is C=CCC1(N)CCC(C(=O)O)C1. The Balaban J connectivity index is 2.54. The highest BCUT2D eigenvalue weighted by molar-refractivity contribution is 5.70. The van der Waals surface area contributed by atoms with Gasteiger partial charge in [0.2, 0.25) is 0 Å². The Bertz CT molecular complexity index is 203. The van der Waals surface area contributed by atoms with Crippen molar-refractivity contribution in [2.45, 2.75) is 31.2 Å². The second-order valence-corrected chi connectivity index (χ2v) is 3.63. The van der Waals surface area contributed by atoms with Crippen molar-refractivity contribution in [2.75, 3.05) is 0 Å². The molecule has 0 aromatic heterocycles. The summed E-state index contributed by atoms with van der Waals surface area (Å²) >= 11 is 0. The summed E-state index contributed by atoms with van der Waals surface area (Å²) in [4.78, 5) is 10.6. The minimum atomic E-state index is -0.716. The normalized spacial score (nSPS) is 34.9. The minimum absolute atomic E-state index is 0.241. The summed E-state index contributed by atoms with van der Waals surface area (Å²) in [5.41, 5.74) is 5.66. The largest absolute Gasteiger partial charge is 0.481 e. The van der Waals surface area contributed by atoms with Gasteiger partial charge in [-0.1, -0.05) is 6.08 Å². The average Bonchev–Trinajstić information content (AvgIpc) is 2.33. The molecule has 0 aromatic rings. The molecule has 0 amide bonds. The average molecular weight is 169 g/mol.